The van der Waals surface area contributed by atoms with E-state index in [0.717, 1.165) is 23.2 Å². The lowest BCUT2D eigenvalue weighted by atomic mass is 9.81. The lowest BCUT2D eigenvalue weighted by Gasteiger charge is -2.19. The van der Waals surface area contributed by atoms with Gasteiger partial charge in [0.1, 0.15) is 0 Å². The van der Waals surface area contributed by atoms with Crippen LogP contribution in [0, 0.1) is 6.92 Å². The van der Waals surface area contributed by atoms with Gasteiger partial charge in [-0.2, -0.15) is 0 Å². The molecule has 2 rings (SSSR count). The summed E-state index contributed by atoms with van der Waals surface area (Å²) in [5.74, 6) is 0.129. The van der Waals surface area contributed by atoms with Crippen LogP contribution in [0.3, 0.4) is 0 Å². The number of carbonyl (C=O) groups is 1. The molecule has 1 aliphatic heterocycles. The van der Waals surface area contributed by atoms with E-state index in [9.17, 15) is 4.79 Å². The van der Waals surface area contributed by atoms with E-state index in [2.05, 4.69) is 12.2 Å². The summed E-state index contributed by atoms with van der Waals surface area (Å²) in [6.07, 6.45) is 0.843. The molecule has 0 spiro atoms. The van der Waals surface area contributed by atoms with E-state index < -0.39 is 0 Å². The maximum Gasteiger partial charge on any atom is 0.234 e. The van der Waals surface area contributed by atoms with Gasteiger partial charge in [0.2, 0.25) is 5.91 Å². The van der Waals surface area contributed by atoms with Crippen molar-refractivity contribution in [2.45, 2.75) is 32.6 Å². The predicted molar refractivity (Wildman–Crippen MR) is 57.5 cm³/mol. The number of carbonyl (C=O) groups excluding carboxylic acids is 1. The Morgan fingerprint density at radius 3 is 2.79 bits per heavy atom. The van der Waals surface area contributed by atoms with Crippen molar-refractivity contribution >= 4 is 11.6 Å². The summed E-state index contributed by atoms with van der Waals surface area (Å²) in [7, 11) is 0. The first kappa shape index (κ1) is 9.25. The maximum atomic E-state index is 11.8. The van der Waals surface area contributed by atoms with Crippen molar-refractivity contribution in [3.05, 3.63) is 29.3 Å². The molecule has 1 aromatic rings. The highest BCUT2D eigenvalue weighted by Gasteiger charge is 2.41. The molecule has 1 aliphatic rings. The second kappa shape index (κ2) is 2.84. The number of para-hydroxylation sites is 1. The van der Waals surface area contributed by atoms with Crippen LogP contribution in [-0.4, -0.2) is 5.91 Å². The molecule has 1 amide bonds. The first-order valence-electron chi connectivity index (χ1n) is 5.01. The smallest absolute Gasteiger partial charge is 0.234 e. The summed E-state index contributed by atoms with van der Waals surface area (Å²) in [5, 5.41) is 2.97. The van der Waals surface area contributed by atoms with Crippen LogP contribution >= 0.6 is 0 Å². The van der Waals surface area contributed by atoms with Gasteiger partial charge in [0.15, 0.2) is 0 Å². The van der Waals surface area contributed by atoms with E-state index in [1.54, 1.807) is 0 Å². The molecule has 1 aromatic carbocycles. The zero-order valence-electron chi connectivity index (χ0n) is 8.85. The molecule has 1 atom stereocenters. The summed E-state index contributed by atoms with van der Waals surface area (Å²) in [6, 6.07) is 6.09. The van der Waals surface area contributed by atoms with Crippen LogP contribution in [0.15, 0.2) is 18.2 Å². The minimum absolute atomic E-state index is 0.129. The molecule has 0 saturated heterocycles. The molecule has 0 saturated carbocycles. The second-order valence-electron chi connectivity index (χ2n) is 4.14. The molecule has 1 N–H and O–H groups in total. The minimum Gasteiger partial charge on any atom is -0.325 e. The lowest BCUT2D eigenvalue weighted by molar-refractivity contribution is -0.120. The van der Waals surface area contributed by atoms with Crippen LogP contribution in [0.1, 0.15) is 31.4 Å². The van der Waals surface area contributed by atoms with Crippen molar-refractivity contribution in [1.82, 2.24) is 0 Å². The van der Waals surface area contributed by atoms with Crippen molar-refractivity contribution in [3.8, 4) is 0 Å². The van der Waals surface area contributed by atoms with E-state index in [0.29, 0.717) is 0 Å². The largest absolute Gasteiger partial charge is 0.325 e. The van der Waals surface area contributed by atoms with Gasteiger partial charge < -0.3 is 5.32 Å². The molecule has 2 nitrogen and oxygen atoms in total. The molecule has 74 valence electrons. The van der Waals surface area contributed by atoms with Crippen LogP contribution in [0.4, 0.5) is 5.69 Å². The van der Waals surface area contributed by atoms with Gasteiger partial charge in [-0.15, -0.1) is 0 Å². The third-order valence-electron chi connectivity index (χ3n) is 3.31. The second-order valence-corrected chi connectivity index (χ2v) is 4.14. The molecule has 0 aromatic heterocycles. The quantitative estimate of drug-likeness (QED) is 0.723. The SMILES string of the molecule is CCC1(C)C(=O)Nc2c(C)cccc21. The highest BCUT2D eigenvalue weighted by atomic mass is 16.2. The minimum atomic E-state index is -0.332. The zero-order valence-corrected chi connectivity index (χ0v) is 8.85. The average Bonchev–Trinajstić information content (AvgIpc) is 2.43. The van der Waals surface area contributed by atoms with Crippen molar-refractivity contribution in [2.75, 3.05) is 5.32 Å². The molecule has 0 aliphatic carbocycles. The van der Waals surface area contributed by atoms with Crippen molar-refractivity contribution in [2.24, 2.45) is 0 Å². The monoisotopic (exact) mass is 189 g/mol. The standard InChI is InChI=1S/C12H15NO/c1-4-12(3)9-7-5-6-8(2)10(9)13-11(12)14/h5-7H,4H2,1-3H3,(H,13,14). The molecule has 0 radical (unpaired) electrons. The normalized spacial score (nSPS) is 24.6. The first-order chi connectivity index (χ1) is 6.59. The molecular formula is C12H15NO. The molecule has 1 unspecified atom stereocenters. The van der Waals surface area contributed by atoms with Gasteiger partial charge in [-0.05, 0) is 31.4 Å². The van der Waals surface area contributed by atoms with E-state index in [1.807, 2.05) is 32.0 Å². The van der Waals surface area contributed by atoms with Crippen LogP contribution < -0.4 is 5.32 Å². The number of benzene rings is 1. The number of hydrogen-bond donors (Lipinski definition) is 1. The van der Waals surface area contributed by atoms with Crippen LogP contribution in [0.5, 0.6) is 0 Å². The fraction of sp³-hybridized carbons (Fsp3) is 0.417. The number of nitrogens with one attached hydrogen (secondary N) is 1. The third-order valence-corrected chi connectivity index (χ3v) is 3.31. The molecule has 0 bridgehead atoms. The number of rotatable bonds is 1. The highest BCUT2D eigenvalue weighted by molar-refractivity contribution is 6.06. The number of amides is 1. The van der Waals surface area contributed by atoms with Gasteiger partial charge in [-0.1, -0.05) is 25.1 Å². The summed E-state index contributed by atoms with van der Waals surface area (Å²) >= 11 is 0. The molecule has 0 fully saturated rings. The Labute approximate surface area is 84.3 Å². The Bertz CT molecular complexity index is 397. The van der Waals surface area contributed by atoms with Gasteiger partial charge in [-0.3, -0.25) is 4.79 Å². The summed E-state index contributed by atoms with van der Waals surface area (Å²) in [4.78, 5) is 11.8. The van der Waals surface area contributed by atoms with Gasteiger partial charge >= 0.3 is 0 Å². The fourth-order valence-corrected chi connectivity index (χ4v) is 2.02. The van der Waals surface area contributed by atoms with Crippen LogP contribution in [0.2, 0.25) is 0 Å². The van der Waals surface area contributed by atoms with Gasteiger partial charge in [0.05, 0.1) is 5.41 Å². The predicted octanol–water partition coefficient (Wildman–Crippen LogP) is 2.61. The van der Waals surface area contributed by atoms with Crippen molar-refractivity contribution in [1.29, 1.82) is 0 Å². The number of fused-ring (bicyclic) bond motifs is 1. The van der Waals surface area contributed by atoms with Gasteiger partial charge in [0.25, 0.3) is 0 Å². The number of aryl methyl sites for hydroxylation is 1. The van der Waals surface area contributed by atoms with E-state index in [1.165, 1.54) is 0 Å². The van der Waals surface area contributed by atoms with E-state index in [-0.39, 0.29) is 11.3 Å². The number of anilines is 1. The molecular weight excluding hydrogens is 174 g/mol. The molecule has 2 heteroatoms. The zero-order chi connectivity index (χ0) is 10.3. The summed E-state index contributed by atoms with van der Waals surface area (Å²) in [6.45, 7) is 6.09. The fourth-order valence-electron chi connectivity index (χ4n) is 2.02. The Morgan fingerprint density at radius 2 is 2.14 bits per heavy atom. The summed E-state index contributed by atoms with van der Waals surface area (Å²) in [5.41, 5.74) is 2.97. The van der Waals surface area contributed by atoms with Crippen molar-refractivity contribution in [3.63, 3.8) is 0 Å². The topological polar surface area (TPSA) is 29.1 Å². The first-order valence-corrected chi connectivity index (χ1v) is 5.01. The third kappa shape index (κ3) is 0.999. The summed E-state index contributed by atoms with van der Waals surface area (Å²) < 4.78 is 0. The Morgan fingerprint density at radius 1 is 1.43 bits per heavy atom. The molecule has 1 heterocycles. The molecule has 14 heavy (non-hydrogen) atoms. The Hall–Kier alpha value is -1.31. The van der Waals surface area contributed by atoms with Gasteiger partial charge in [-0.25, -0.2) is 0 Å². The maximum absolute atomic E-state index is 11.8. The average molecular weight is 189 g/mol. The Balaban J connectivity index is 2.64. The lowest BCUT2D eigenvalue weighted by Crippen LogP contribution is -2.29. The highest BCUT2D eigenvalue weighted by Crippen LogP contribution is 2.41. The van der Waals surface area contributed by atoms with Crippen LogP contribution in [0.25, 0.3) is 0 Å². The van der Waals surface area contributed by atoms with E-state index >= 15 is 0 Å². The van der Waals surface area contributed by atoms with E-state index in [4.69, 9.17) is 0 Å². The van der Waals surface area contributed by atoms with Crippen molar-refractivity contribution < 1.29 is 4.79 Å². The Kier molecular flexibility index (Phi) is 1.88. The van der Waals surface area contributed by atoms with Crippen LogP contribution in [-0.2, 0) is 10.2 Å². The number of hydrogen-bond acceptors (Lipinski definition) is 1. The van der Waals surface area contributed by atoms with Gasteiger partial charge in [0, 0.05) is 5.69 Å².